The number of benzene rings is 1. The van der Waals surface area contributed by atoms with Gasteiger partial charge < -0.3 is 4.90 Å². The van der Waals surface area contributed by atoms with Crippen molar-refractivity contribution < 1.29 is 4.79 Å². The number of thiophene rings is 1. The Bertz CT molecular complexity index is 704. The van der Waals surface area contributed by atoms with Gasteiger partial charge >= 0.3 is 0 Å². The number of amides is 1. The average molecular weight is 387 g/mol. The van der Waals surface area contributed by atoms with E-state index in [1.165, 1.54) is 16.9 Å². The topological polar surface area (TPSA) is 23.6 Å². The third kappa shape index (κ3) is 4.33. The molecule has 1 amide bonds. The fraction of sp³-hybridized carbons (Fsp3) is 0.476. The number of fused-ring (bicyclic) bond motifs is 1. The second-order valence-electron chi connectivity index (χ2n) is 7.31. The molecule has 2 saturated heterocycles. The van der Waals surface area contributed by atoms with Crippen molar-refractivity contribution in [3.05, 3.63) is 52.7 Å². The predicted octanol–water partition coefficient (Wildman–Crippen LogP) is 4.35. The zero-order valence-corrected chi connectivity index (χ0v) is 16.7. The number of hydrogen-bond donors (Lipinski definition) is 0. The molecule has 3 heterocycles. The van der Waals surface area contributed by atoms with E-state index in [2.05, 4.69) is 38.8 Å². The van der Waals surface area contributed by atoms with Crippen molar-refractivity contribution in [1.29, 1.82) is 0 Å². The Morgan fingerprint density at radius 3 is 2.85 bits per heavy atom. The highest BCUT2D eigenvalue weighted by molar-refractivity contribution is 8.00. The maximum Gasteiger partial charge on any atom is 0.233 e. The number of likely N-dealkylation sites (tertiary alicyclic amines) is 2. The zero-order chi connectivity index (χ0) is 17.8. The van der Waals surface area contributed by atoms with Crippen LogP contribution in [0, 0.1) is 5.92 Å². The second-order valence-corrected chi connectivity index (χ2v) is 9.14. The van der Waals surface area contributed by atoms with E-state index in [4.69, 9.17) is 0 Å². The molecule has 0 N–H and O–H groups in total. The summed E-state index contributed by atoms with van der Waals surface area (Å²) in [4.78, 5) is 18.8. The van der Waals surface area contributed by atoms with Crippen molar-refractivity contribution in [2.45, 2.75) is 36.7 Å². The van der Waals surface area contributed by atoms with Crippen LogP contribution < -0.4 is 0 Å². The van der Waals surface area contributed by atoms with Gasteiger partial charge in [-0.15, -0.1) is 11.8 Å². The van der Waals surface area contributed by atoms with Crippen LogP contribution >= 0.6 is 23.1 Å². The van der Waals surface area contributed by atoms with Crippen LogP contribution in [0.1, 0.15) is 24.8 Å². The molecule has 2 aliphatic heterocycles. The van der Waals surface area contributed by atoms with Crippen molar-refractivity contribution in [3.63, 3.8) is 0 Å². The van der Waals surface area contributed by atoms with Gasteiger partial charge in [0.2, 0.25) is 5.91 Å². The molecule has 0 unspecified atom stereocenters. The van der Waals surface area contributed by atoms with E-state index in [1.807, 2.05) is 18.2 Å². The van der Waals surface area contributed by atoms with Crippen molar-refractivity contribution in [2.24, 2.45) is 5.92 Å². The Kier molecular flexibility index (Phi) is 5.98. The lowest BCUT2D eigenvalue weighted by atomic mass is 9.83. The summed E-state index contributed by atoms with van der Waals surface area (Å²) >= 11 is 3.44. The number of carbonyl (C=O) groups is 1. The van der Waals surface area contributed by atoms with Crippen molar-refractivity contribution in [1.82, 2.24) is 9.80 Å². The van der Waals surface area contributed by atoms with Gasteiger partial charge in [-0.25, -0.2) is 0 Å². The molecule has 4 rings (SSSR count). The fourth-order valence-corrected chi connectivity index (χ4v) is 5.78. The van der Waals surface area contributed by atoms with Crippen LogP contribution in [-0.4, -0.2) is 47.1 Å². The first kappa shape index (κ1) is 18.1. The van der Waals surface area contributed by atoms with Gasteiger partial charge in [0.25, 0.3) is 0 Å². The molecule has 2 aromatic rings. The molecule has 2 atom stereocenters. The first-order valence-corrected chi connectivity index (χ1v) is 11.4. The third-order valence-corrected chi connectivity index (χ3v) is 7.29. The summed E-state index contributed by atoms with van der Waals surface area (Å²) in [5, 5.41) is 4.41. The molecule has 138 valence electrons. The van der Waals surface area contributed by atoms with Gasteiger partial charge in [-0.2, -0.15) is 11.3 Å². The van der Waals surface area contributed by atoms with Gasteiger partial charge in [0, 0.05) is 37.1 Å². The lowest BCUT2D eigenvalue weighted by molar-refractivity contribution is -0.135. The van der Waals surface area contributed by atoms with E-state index in [9.17, 15) is 4.79 Å². The van der Waals surface area contributed by atoms with Crippen LogP contribution in [0.4, 0.5) is 0 Å². The molecule has 26 heavy (non-hydrogen) atoms. The van der Waals surface area contributed by atoms with E-state index < -0.39 is 0 Å². The first-order valence-electron chi connectivity index (χ1n) is 9.50. The Hall–Kier alpha value is -1.30. The predicted molar refractivity (Wildman–Crippen MR) is 110 cm³/mol. The van der Waals surface area contributed by atoms with Crippen LogP contribution in [0.25, 0.3) is 0 Å². The SMILES string of the molecule is O=C(CSc1ccccc1)N1CCC[C@@H]2CN(Cc3ccsc3)CC[C@H]21. The number of piperidine rings is 2. The molecule has 1 aromatic carbocycles. The van der Waals surface area contributed by atoms with Gasteiger partial charge in [-0.1, -0.05) is 18.2 Å². The molecule has 3 nitrogen and oxygen atoms in total. The zero-order valence-electron chi connectivity index (χ0n) is 15.0. The monoisotopic (exact) mass is 386 g/mol. The summed E-state index contributed by atoms with van der Waals surface area (Å²) in [6, 6.07) is 12.9. The molecule has 0 aliphatic carbocycles. The number of thioether (sulfide) groups is 1. The van der Waals surface area contributed by atoms with E-state index in [-0.39, 0.29) is 0 Å². The largest absolute Gasteiger partial charge is 0.339 e. The highest BCUT2D eigenvalue weighted by Crippen LogP contribution is 2.32. The maximum atomic E-state index is 12.9. The smallest absolute Gasteiger partial charge is 0.233 e. The van der Waals surface area contributed by atoms with E-state index in [0.29, 0.717) is 23.6 Å². The minimum absolute atomic E-state index is 0.319. The lowest BCUT2D eigenvalue weighted by Gasteiger charge is -2.47. The van der Waals surface area contributed by atoms with E-state index >= 15 is 0 Å². The van der Waals surface area contributed by atoms with Gasteiger partial charge in [-0.3, -0.25) is 9.69 Å². The molecule has 0 bridgehead atoms. The summed E-state index contributed by atoms with van der Waals surface area (Å²) in [5.41, 5.74) is 1.43. The van der Waals surface area contributed by atoms with Crippen LogP contribution in [-0.2, 0) is 11.3 Å². The van der Waals surface area contributed by atoms with Crippen LogP contribution in [0.2, 0.25) is 0 Å². The third-order valence-electron chi connectivity index (χ3n) is 5.56. The molecule has 0 saturated carbocycles. The highest BCUT2D eigenvalue weighted by Gasteiger charge is 2.37. The standard InChI is InChI=1S/C21H26N2OS2/c24-21(16-26-19-6-2-1-3-7-19)23-10-4-5-18-14-22(11-8-20(18)23)13-17-9-12-25-15-17/h1-3,6-7,9,12,15,18,20H,4-5,8,10-11,13-14,16H2/t18-,20-/m1/s1. The van der Waals surface area contributed by atoms with E-state index in [1.54, 1.807) is 23.1 Å². The van der Waals surface area contributed by atoms with Crippen LogP contribution in [0.15, 0.2) is 52.1 Å². The Morgan fingerprint density at radius 1 is 1.15 bits per heavy atom. The van der Waals surface area contributed by atoms with Crippen LogP contribution in [0.5, 0.6) is 0 Å². The normalized spacial score (nSPS) is 23.6. The number of carbonyl (C=O) groups excluding carboxylic acids is 1. The lowest BCUT2D eigenvalue weighted by Crippen LogP contribution is -2.55. The van der Waals surface area contributed by atoms with Gasteiger partial charge in [-0.05, 0) is 59.7 Å². The molecular weight excluding hydrogens is 360 g/mol. The first-order chi connectivity index (χ1) is 12.8. The van der Waals surface area contributed by atoms with Gasteiger partial charge in [0.05, 0.1) is 5.75 Å². The molecule has 2 aliphatic rings. The van der Waals surface area contributed by atoms with Gasteiger partial charge in [0.15, 0.2) is 0 Å². The summed E-state index contributed by atoms with van der Waals surface area (Å²) in [6.45, 7) is 4.24. The minimum Gasteiger partial charge on any atom is -0.339 e. The Labute approximate surface area is 164 Å². The molecule has 0 radical (unpaired) electrons. The summed E-state index contributed by atoms with van der Waals surface area (Å²) in [5.74, 6) is 1.52. The molecule has 5 heteroatoms. The summed E-state index contributed by atoms with van der Waals surface area (Å²) in [6.07, 6.45) is 3.53. The summed E-state index contributed by atoms with van der Waals surface area (Å²) < 4.78 is 0. The van der Waals surface area contributed by atoms with Crippen molar-refractivity contribution >= 4 is 29.0 Å². The molecular formula is C21H26N2OS2. The quantitative estimate of drug-likeness (QED) is 0.714. The minimum atomic E-state index is 0.319. The number of nitrogens with zero attached hydrogens (tertiary/aromatic N) is 2. The number of rotatable bonds is 5. The Morgan fingerprint density at radius 2 is 2.04 bits per heavy atom. The second kappa shape index (κ2) is 8.59. The number of hydrogen-bond acceptors (Lipinski definition) is 4. The average Bonchev–Trinajstić information content (AvgIpc) is 3.19. The van der Waals surface area contributed by atoms with Crippen molar-refractivity contribution in [3.8, 4) is 0 Å². The highest BCUT2D eigenvalue weighted by atomic mass is 32.2. The Balaban J connectivity index is 1.33. The van der Waals surface area contributed by atoms with E-state index in [0.717, 1.165) is 39.0 Å². The summed E-state index contributed by atoms with van der Waals surface area (Å²) in [7, 11) is 0. The molecule has 0 spiro atoms. The maximum absolute atomic E-state index is 12.9. The van der Waals surface area contributed by atoms with Crippen molar-refractivity contribution in [2.75, 3.05) is 25.4 Å². The van der Waals surface area contributed by atoms with Gasteiger partial charge in [0.1, 0.15) is 0 Å². The molecule has 2 fully saturated rings. The van der Waals surface area contributed by atoms with Crippen LogP contribution in [0.3, 0.4) is 0 Å². The molecule has 1 aromatic heterocycles. The fourth-order valence-electron chi connectivity index (χ4n) is 4.32.